The highest BCUT2D eigenvalue weighted by Crippen LogP contribution is 2.20. The van der Waals surface area contributed by atoms with Gasteiger partial charge in [0.05, 0.1) is 12.8 Å². The van der Waals surface area contributed by atoms with Crippen molar-refractivity contribution >= 4 is 0 Å². The molecule has 0 saturated carbocycles. The van der Waals surface area contributed by atoms with Crippen LogP contribution in [0, 0.1) is 6.92 Å². The van der Waals surface area contributed by atoms with Gasteiger partial charge in [-0.05, 0) is 18.6 Å². The van der Waals surface area contributed by atoms with Crippen molar-refractivity contribution in [3.05, 3.63) is 53.2 Å². The summed E-state index contributed by atoms with van der Waals surface area (Å²) in [7, 11) is 1.53. The Morgan fingerprint density at radius 1 is 1.06 bits per heavy atom. The van der Waals surface area contributed by atoms with Crippen LogP contribution in [-0.4, -0.2) is 22.4 Å². The van der Waals surface area contributed by atoms with Crippen LogP contribution in [0.4, 0.5) is 0 Å². The van der Waals surface area contributed by atoms with Crippen LogP contribution in [-0.2, 0) is 0 Å². The number of nitrogens with zero attached hydrogens (tertiary/aromatic N) is 2. The Kier molecular flexibility index (Phi) is 3.35. The van der Waals surface area contributed by atoms with E-state index in [2.05, 4.69) is 10.2 Å². The van der Waals surface area contributed by atoms with Crippen LogP contribution < -0.4 is 4.74 Å². The molecule has 1 unspecified atom stereocenters. The maximum absolute atomic E-state index is 10.1. The maximum Gasteiger partial charge on any atom is 0.233 e. The second kappa shape index (κ2) is 4.93. The highest BCUT2D eigenvalue weighted by molar-refractivity contribution is 5.28. The summed E-state index contributed by atoms with van der Waals surface area (Å²) in [4.78, 5) is 0. The predicted octanol–water partition coefficient (Wildman–Crippen LogP) is 1.88. The van der Waals surface area contributed by atoms with E-state index in [1.807, 2.05) is 31.2 Å². The minimum Gasteiger partial charge on any atom is -0.480 e. The zero-order valence-electron chi connectivity index (χ0n) is 9.79. The molecule has 0 bridgehead atoms. The quantitative estimate of drug-likeness (QED) is 0.874. The summed E-state index contributed by atoms with van der Waals surface area (Å²) in [5, 5.41) is 17.9. The molecule has 2 aromatic rings. The molecular formula is C13H14N2O2. The fourth-order valence-corrected chi connectivity index (χ4v) is 1.50. The van der Waals surface area contributed by atoms with E-state index in [0.29, 0.717) is 11.6 Å². The molecule has 17 heavy (non-hydrogen) atoms. The van der Waals surface area contributed by atoms with Gasteiger partial charge in [0.25, 0.3) is 0 Å². The predicted molar refractivity (Wildman–Crippen MR) is 63.8 cm³/mol. The van der Waals surface area contributed by atoms with E-state index in [9.17, 15) is 5.11 Å². The van der Waals surface area contributed by atoms with Gasteiger partial charge in [-0.2, -0.15) is 0 Å². The summed E-state index contributed by atoms with van der Waals surface area (Å²) in [6.07, 6.45) is -0.756. The topological polar surface area (TPSA) is 55.2 Å². The number of benzene rings is 1. The van der Waals surface area contributed by atoms with E-state index < -0.39 is 6.10 Å². The van der Waals surface area contributed by atoms with Crippen molar-refractivity contribution in [1.29, 1.82) is 0 Å². The van der Waals surface area contributed by atoms with Crippen LogP contribution in [0.15, 0.2) is 36.4 Å². The third kappa shape index (κ3) is 2.60. The molecule has 1 atom stereocenters. The van der Waals surface area contributed by atoms with Crippen LogP contribution in [0.5, 0.6) is 5.88 Å². The van der Waals surface area contributed by atoms with Gasteiger partial charge in [0.1, 0.15) is 6.10 Å². The second-order valence-corrected chi connectivity index (χ2v) is 3.81. The standard InChI is InChI=1S/C13H14N2O2/c1-9-3-5-10(6-4-9)13(16)11-7-8-12(17-2)15-14-11/h3-8,13,16H,1-2H3. The lowest BCUT2D eigenvalue weighted by Gasteiger charge is -2.10. The molecule has 4 nitrogen and oxygen atoms in total. The van der Waals surface area contributed by atoms with Crippen molar-refractivity contribution in [1.82, 2.24) is 10.2 Å². The zero-order valence-corrected chi connectivity index (χ0v) is 9.79. The average Bonchev–Trinajstić information content (AvgIpc) is 2.39. The van der Waals surface area contributed by atoms with Gasteiger partial charge >= 0.3 is 0 Å². The van der Waals surface area contributed by atoms with E-state index in [1.165, 1.54) is 7.11 Å². The fourth-order valence-electron chi connectivity index (χ4n) is 1.50. The van der Waals surface area contributed by atoms with Crippen molar-refractivity contribution in [3.63, 3.8) is 0 Å². The summed E-state index contributed by atoms with van der Waals surface area (Å²) >= 11 is 0. The lowest BCUT2D eigenvalue weighted by Crippen LogP contribution is -2.04. The summed E-state index contributed by atoms with van der Waals surface area (Å²) in [5.74, 6) is 0.435. The van der Waals surface area contributed by atoms with Crippen LogP contribution >= 0.6 is 0 Å². The van der Waals surface area contributed by atoms with Crippen molar-refractivity contribution in [2.24, 2.45) is 0 Å². The second-order valence-electron chi connectivity index (χ2n) is 3.81. The summed E-state index contributed by atoms with van der Waals surface area (Å²) in [6, 6.07) is 11.1. The van der Waals surface area contributed by atoms with Crippen molar-refractivity contribution < 1.29 is 9.84 Å². The number of ether oxygens (including phenoxy) is 1. The number of methoxy groups -OCH3 is 1. The Morgan fingerprint density at radius 3 is 2.29 bits per heavy atom. The average molecular weight is 230 g/mol. The van der Waals surface area contributed by atoms with E-state index in [1.54, 1.807) is 12.1 Å². The van der Waals surface area contributed by atoms with Gasteiger partial charge in [0.15, 0.2) is 0 Å². The Bertz CT molecular complexity index is 480. The van der Waals surface area contributed by atoms with Crippen LogP contribution in [0.1, 0.15) is 22.9 Å². The molecule has 1 N–H and O–H groups in total. The number of hydrogen-bond donors (Lipinski definition) is 1. The molecule has 0 aliphatic heterocycles. The third-order valence-corrected chi connectivity index (χ3v) is 2.54. The fraction of sp³-hybridized carbons (Fsp3) is 0.231. The largest absolute Gasteiger partial charge is 0.480 e. The number of aromatic nitrogens is 2. The van der Waals surface area contributed by atoms with Gasteiger partial charge < -0.3 is 9.84 Å². The molecule has 0 saturated heterocycles. The highest BCUT2D eigenvalue weighted by Gasteiger charge is 2.12. The molecule has 0 aliphatic rings. The molecule has 1 aromatic heterocycles. The van der Waals surface area contributed by atoms with E-state index in [0.717, 1.165) is 11.1 Å². The Labute approximate surface area is 99.9 Å². The molecular weight excluding hydrogens is 216 g/mol. The van der Waals surface area contributed by atoms with Crippen molar-refractivity contribution in [2.45, 2.75) is 13.0 Å². The Morgan fingerprint density at radius 2 is 1.76 bits per heavy atom. The number of rotatable bonds is 3. The maximum atomic E-state index is 10.1. The number of hydrogen-bond acceptors (Lipinski definition) is 4. The smallest absolute Gasteiger partial charge is 0.233 e. The van der Waals surface area contributed by atoms with E-state index in [4.69, 9.17) is 4.74 Å². The minimum atomic E-state index is -0.756. The Balaban J connectivity index is 2.23. The zero-order chi connectivity index (χ0) is 12.3. The summed E-state index contributed by atoms with van der Waals surface area (Å²) in [5.41, 5.74) is 2.46. The third-order valence-electron chi connectivity index (χ3n) is 2.54. The first kappa shape index (κ1) is 11.5. The van der Waals surface area contributed by atoms with E-state index >= 15 is 0 Å². The van der Waals surface area contributed by atoms with Gasteiger partial charge in [-0.3, -0.25) is 0 Å². The molecule has 2 rings (SSSR count). The van der Waals surface area contributed by atoms with Gasteiger partial charge in [-0.15, -0.1) is 10.2 Å². The number of aryl methyl sites for hydroxylation is 1. The van der Waals surface area contributed by atoms with E-state index in [-0.39, 0.29) is 0 Å². The Hall–Kier alpha value is -1.94. The first-order valence-electron chi connectivity index (χ1n) is 5.33. The molecule has 0 radical (unpaired) electrons. The summed E-state index contributed by atoms with van der Waals surface area (Å²) in [6.45, 7) is 2.00. The van der Waals surface area contributed by atoms with Gasteiger partial charge in [0, 0.05) is 6.07 Å². The molecule has 4 heteroatoms. The van der Waals surface area contributed by atoms with Crippen LogP contribution in [0.25, 0.3) is 0 Å². The highest BCUT2D eigenvalue weighted by atomic mass is 16.5. The molecule has 0 spiro atoms. The van der Waals surface area contributed by atoms with Crippen LogP contribution in [0.3, 0.4) is 0 Å². The molecule has 1 heterocycles. The molecule has 88 valence electrons. The van der Waals surface area contributed by atoms with Crippen LogP contribution in [0.2, 0.25) is 0 Å². The number of aliphatic hydroxyl groups excluding tert-OH is 1. The normalized spacial score (nSPS) is 12.2. The van der Waals surface area contributed by atoms with Gasteiger partial charge in [-0.1, -0.05) is 29.8 Å². The SMILES string of the molecule is COc1ccc(C(O)c2ccc(C)cc2)nn1. The van der Waals surface area contributed by atoms with Crippen molar-refractivity contribution in [2.75, 3.05) is 7.11 Å². The molecule has 0 amide bonds. The lowest BCUT2D eigenvalue weighted by molar-refractivity contribution is 0.213. The number of aliphatic hydroxyl groups is 1. The minimum absolute atomic E-state index is 0.435. The lowest BCUT2D eigenvalue weighted by atomic mass is 10.1. The summed E-state index contributed by atoms with van der Waals surface area (Å²) < 4.78 is 4.92. The van der Waals surface area contributed by atoms with Crippen molar-refractivity contribution in [3.8, 4) is 5.88 Å². The monoisotopic (exact) mass is 230 g/mol. The van der Waals surface area contributed by atoms with Gasteiger partial charge in [-0.25, -0.2) is 0 Å². The molecule has 0 fully saturated rings. The first-order valence-corrected chi connectivity index (χ1v) is 5.33. The van der Waals surface area contributed by atoms with Gasteiger partial charge in [0.2, 0.25) is 5.88 Å². The first-order chi connectivity index (χ1) is 8.20. The molecule has 1 aromatic carbocycles. The molecule has 0 aliphatic carbocycles.